The molecular formula is C21H19ClN2O3. The molecule has 27 heavy (non-hydrogen) atoms. The number of aromatic amines is 1. The maximum absolute atomic E-state index is 12.9. The van der Waals surface area contributed by atoms with Crippen LogP contribution in [0.1, 0.15) is 34.7 Å². The molecule has 2 aliphatic rings. The van der Waals surface area contributed by atoms with E-state index in [2.05, 4.69) is 11.2 Å². The second-order valence-corrected chi connectivity index (χ2v) is 7.50. The molecule has 3 heterocycles. The minimum atomic E-state index is 0.0497. The summed E-state index contributed by atoms with van der Waals surface area (Å²) in [4.78, 5) is 18.1. The zero-order chi connectivity index (χ0) is 18.4. The highest BCUT2D eigenvalue weighted by Gasteiger charge is 2.27. The molecule has 5 rings (SSSR count). The average molecular weight is 383 g/mol. The van der Waals surface area contributed by atoms with E-state index in [4.69, 9.17) is 21.1 Å². The molecule has 2 aromatic carbocycles. The fraction of sp³-hybridized carbons (Fsp3) is 0.286. The van der Waals surface area contributed by atoms with Gasteiger partial charge >= 0.3 is 0 Å². The van der Waals surface area contributed by atoms with E-state index in [1.165, 1.54) is 10.9 Å². The molecule has 0 atom stereocenters. The van der Waals surface area contributed by atoms with E-state index >= 15 is 0 Å². The maximum Gasteiger partial charge on any atom is 0.253 e. The lowest BCUT2D eigenvalue weighted by molar-refractivity contribution is 0.0713. The van der Waals surface area contributed by atoms with Crippen molar-refractivity contribution in [2.45, 2.75) is 18.8 Å². The first-order chi connectivity index (χ1) is 13.2. The number of benzene rings is 2. The van der Waals surface area contributed by atoms with Gasteiger partial charge in [-0.3, -0.25) is 4.79 Å². The van der Waals surface area contributed by atoms with E-state index in [0.717, 1.165) is 36.5 Å². The molecule has 1 fully saturated rings. The standard InChI is InChI=1S/C21H19ClN2O3/c22-15-2-3-18-16(10-15)17(11-23-18)13-5-7-24(8-6-13)21(25)14-1-4-19-20(9-14)27-12-26-19/h1-4,9-11,13,23H,5-8,12H2. The van der Waals surface area contributed by atoms with Crippen molar-refractivity contribution in [2.24, 2.45) is 0 Å². The molecule has 0 radical (unpaired) electrons. The number of halogens is 1. The lowest BCUT2D eigenvalue weighted by Crippen LogP contribution is -2.37. The lowest BCUT2D eigenvalue weighted by atomic mass is 9.89. The van der Waals surface area contributed by atoms with Crippen molar-refractivity contribution in [1.29, 1.82) is 0 Å². The Bertz CT molecular complexity index is 1020. The van der Waals surface area contributed by atoms with Crippen LogP contribution >= 0.6 is 11.6 Å². The normalized spacial score (nSPS) is 16.9. The Kier molecular flexibility index (Phi) is 3.97. The average Bonchev–Trinajstić information content (AvgIpc) is 3.33. The van der Waals surface area contributed by atoms with Gasteiger partial charge in [0.25, 0.3) is 5.91 Å². The van der Waals surface area contributed by atoms with Gasteiger partial charge in [-0.15, -0.1) is 0 Å². The summed E-state index contributed by atoms with van der Waals surface area (Å²) in [6, 6.07) is 11.3. The molecule has 138 valence electrons. The second kappa shape index (κ2) is 6.50. The Morgan fingerprint density at radius 2 is 1.89 bits per heavy atom. The summed E-state index contributed by atoms with van der Waals surface area (Å²) in [5.41, 5.74) is 3.05. The van der Waals surface area contributed by atoms with E-state index in [0.29, 0.717) is 23.0 Å². The molecule has 0 spiro atoms. The van der Waals surface area contributed by atoms with Crippen molar-refractivity contribution < 1.29 is 14.3 Å². The van der Waals surface area contributed by atoms with Gasteiger partial charge in [0.05, 0.1) is 0 Å². The summed E-state index contributed by atoms with van der Waals surface area (Å²) in [5, 5.41) is 1.93. The SMILES string of the molecule is O=C(c1ccc2c(c1)OCO2)N1CCC(c2c[nH]c3ccc(Cl)cc23)CC1. The number of aromatic nitrogens is 1. The van der Waals surface area contributed by atoms with Crippen LogP contribution in [0.5, 0.6) is 11.5 Å². The van der Waals surface area contributed by atoms with Crippen molar-refractivity contribution in [2.75, 3.05) is 19.9 Å². The van der Waals surface area contributed by atoms with Crippen LogP contribution in [0.2, 0.25) is 5.02 Å². The monoisotopic (exact) mass is 382 g/mol. The van der Waals surface area contributed by atoms with Gasteiger partial charge in [-0.05, 0) is 60.7 Å². The highest BCUT2D eigenvalue weighted by molar-refractivity contribution is 6.31. The van der Waals surface area contributed by atoms with Crippen LogP contribution < -0.4 is 9.47 Å². The molecule has 0 aliphatic carbocycles. The summed E-state index contributed by atoms with van der Waals surface area (Å²) in [5.74, 6) is 1.82. The summed E-state index contributed by atoms with van der Waals surface area (Å²) in [6.45, 7) is 1.70. The molecule has 6 heteroatoms. The minimum Gasteiger partial charge on any atom is -0.454 e. The smallest absolute Gasteiger partial charge is 0.253 e. The number of nitrogens with one attached hydrogen (secondary N) is 1. The first kappa shape index (κ1) is 16.5. The topological polar surface area (TPSA) is 54.6 Å². The van der Waals surface area contributed by atoms with Crippen molar-refractivity contribution in [3.63, 3.8) is 0 Å². The van der Waals surface area contributed by atoms with Gasteiger partial charge in [0.2, 0.25) is 6.79 Å². The van der Waals surface area contributed by atoms with Crippen LogP contribution in [0, 0.1) is 0 Å². The van der Waals surface area contributed by atoms with Crippen molar-refractivity contribution in [3.8, 4) is 11.5 Å². The predicted molar refractivity (Wildman–Crippen MR) is 104 cm³/mol. The minimum absolute atomic E-state index is 0.0497. The Morgan fingerprint density at radius 1 is 1.07 bits per heavy atom. The first-order valence-corrected chi connectivity index (χ1v) is 9.52. The molecule has 1 amide bonds. The predicted octanol–water partition coefficient (Wildman–Crippen LogP) is 4.57. The fourth-order valence-electron chi connectivity index (χ4n) is 4.06. The number of likely N-dealkylation sites (tertiary alicyclic amines) is 1. The number of ether oxygens (including phenoxy) is 2. The van der Waals surface area contributed by atoms with Gasteiger partial charge in [0.1, 0.15) is 0 Å². The quantitative estimate of drug-likeness (QED) is 0.706. The lowest BCUT2D eigenvalue weighted by Gasteiger charge is -2.32. The van der Waals surface area contributed by atoms with Crippen LogP contribution in [0.15, 0.2) is 42.6 Å². The fourth-order valence-corrected chi connectivity index (χ4v) is 4.23. The molecule has 2 aliphatic heterocycles. The van der Waals surface area contributed by atoms with Gasteiger partial charge in [-0.2, -0.15) is 0 Å². The first-order valence-electron chi connectivity index (χ1n) is 9.14. The Balaban J connectivity index is 1.31. The van der Waals surface area contributed by atoms with Gasteiger partial charge in [0.15, 0.2) is 11.5 Å². The van der Waals surface area contributed by atoms with Crippen molar-refractivity contribution in [3.05, 3.63) is 58.7 Å². The van der Waals surface area contributed by atoms with Gasteiger partial charge < -0.3 is 19.4 Å². The van der Waals surface area contributed by atoms with Gasteiger partial charge in [-0.25, -0.2) is 0 Å². The maximum atomic E-state index is 12.9. The van der Waals surface area contributed by atoms with E-state index < -0.39 is 0 Å². The number of amides is 1. The Labute approximate surface area is 161 Å². The number of carbonyl (C=O) groups excluding carboxylic acids is 1. The van der Waals surface area contributed by atoms with E-state index in [1.54, 1.807) is 12.1 Å². The summed E-state index contributed by atoms with van der Waals surface area (Å²) in [7, 11) is 0. The molecule has 1 aromatic heterocycles. The van der Waals surface area contributed by atoms with E-state index in [-0.39, 0.29) is 12.7 Å². The van der Waals surface area contributed by atoms with Crippen LogP contribution in [0.25, 0.3) is 10.9 Å². The number of H-pyrrole nitrogens is 1. The van der Waals surface area contributed by atoms with Crippen LogP contribution in [0.3, 0.4) is 0 Å². The molecule has 1 saturated heterocycles. The van der Waals surface area contributed by atoms with E-state index in [9.17, 15) is 4.79 Å². The summed E-state index contributed by atoms with van der Waals surface area (Å²) >= 11 is 6.17. The number of rotatable bonds is 2. The third-order valence-corrected chi connectivity index (χ3v) is 5.75. The van der Waals surface area contributed by atoms with Crippen molar-refractivity contribution >= 4 is 28.4 Å². The number of carbonyl (C=O) groups is 1. The Morgan fingerprint density at radius 3 is 2.74 bits per heavy atom. The van der Waals surface area contributed by atoms with Crippen LogP contribution in [-0.2, 0) is 0 Å². The third kappa shape index (κ3) is 2.92. The number of hydrogen-bond donors (Lipinski definition) is 1. The Hall–Kier alpha value is -2.66. The molecule has 1 N–H and O–H groups in total. The van der Waals surface area contributed by atoms with Gasteiger partial charge in [0, 0.05) is 40.8 Å². The molecule has 0 saturated carbocycles. The number of piperidine rings is 1. The third-order valence-electron chi connectivity index (χ3n) is 5.52. The summed E-state index contributed by atoms with van der Waals surface area (Å²) in [6.07, 6.45) is 3.96. The molecule has 0 unspecified atom stereocenters. The van der Waals surface area contributed by atoms with E-state index in [1.807, 2.05) is 29.2 Å². The highest BCUT2D eigenvalue weighted by atomic mass is 35.5. The largest absolute Gasteiger partial charge is 0.454 e. The zero-order valence-electron chi connectivity index (χ0n) is 14.7. The molecule has 5 nitrogen and oxygen atoms in total. The highest BCUT2D eigenvalue weighted by Crippen LogP contribution is 2.36. The number of fused-ring (bicyclic) bond motifs is 2. The molecular weight excluding hydrogens is 364 g/mol. The molecule has 0 bridgehead atoms. The number of nitrogens with zero attached hydrogens (tertiary/aromatic N) is 1. The summed E-state index contributed by atoms with van der Waals surface area (Å²) < 4.78 is 10.7. The van der Waals surface area contributed by atoms with Crippen molar-refractivity contribution in [1.82, 2.24) is 9.88 Å². The molecule has 3 aromatic rings. The number of hydrogen-bond acceptors (Lipinski definition) is 3. The van der Waals surface area contributed by atoms with Gasteiger partial charge in [-0.1, -0.05) is 11.6 Å². The van der Waals surface area contributed by atoms with Crippen LogP contribution in [0.4, 0.5) is 0 Å². The van der Waals surface area contributed by atoms with Crippen LogP contribution in [-0.4, -0.2) is 35.7 Å². The zero-order valence-corrected chi connectivity index (χ0v) is 15.5. The second-order valence-electron chi connectivity index (χ2n) is 7.07.